The van der Waals surface area contributed by atoms with Crippen molar-refractivity contribution in [2.24, 2.45) is 10.8 Å². The molecule has 0 aliphatic rings. The predicted octanol–water partition coefficient (Wildman–Crippen LogP) is 3.32. The van der Waals surface area contributed by atoms with Gasteiger partial charge in [0.05, 0.1) is 0 Å². The van der Waals surface area contributed by atoms with E-state index in [0.717, 1.165) is 0 Å². The first-order valence-electron chi connectivity index (χ1n) is 9.48. The molecule has 0 saturated carbocycles. The number of amides is 2. The first-order chi connectivity index (χ1) is 12.0. The number of hydrogen-bond acceptors (Lipinski definition) is 4. The number of nitrogens with one attached hydrogen (secondary N) is 2. The van der Waals surface area contributed by atoms with E-state index in [1.165, 1.54) is 0 Å². The van der Waals surface area contributed by atoms with Crippen molar-refractivity contribution < 1.29 is 25.6 Å². The van der Waals surface area contributed by atoms with Crippen LogP contribution >= 0.6 is 0 Å². The molecule has 0 aliphatic carbocycles. The molecule has 0 spiro atoms. The van der Waals surface area contributed by atoms with Crippen LogP contribution in [0.2, 0.25) is 0 Å². The van der Waals surface area contributed by atoms with Crippen molar-refractivity contribution >= 4 is 18.0 Å². The summed E-state index contributed by atoms with van der Waals surface area (Å²) in [7, 11) is 0. The maximum Gasteiger partial charge on any atom is 0.408 e. The lowest BCUT2D eigenvalue weighted by Gasteiger charge is -2.30. The van der Waals surface area contributed by atoms with Gasteiger partial charge in [0.15, 0.2) is 0 Å². The standard InChI is InChI=1S/C19H36N2O5/c1-17(2,3)10-12(21-16(25)26-19(7,8)9)14(22)20-13(15(23)24)11-18(4,5)6/h12-13H,10-11H2,1-9H3,(H,20,22)(H,21,25)(H,23,24)/t12-,13-/m0/s1/i1D. The highest BCUT2D eigenvalue weighted by molar-refractivity contribution is 5.89. The molecule has 0 aliphatic heterocycles. The molecule has 0 heterocycles. The van der Waals surface area contributed by atoms with E-state index in [0.29, 0.717) is 0 Å². The van der Waals surface area contributed by atoms with E-state index in [1.54, 1.807) is 34.6 Å². The van der Waals surface area contributed by atoms with E-state index in [4.69, 9.17) is 6.11 Å². The second-order valence-corrected chi connectivity index (χ2v) is 9.73. The summed E-state index contributed by atoms with van der Waals surface area (Å²) in [6.45, 7) is 14.4. The Morgan fingerprint density at radius 3 is 1.81 bits per heavy atom. The Morgan fingerprint density at radius 2 is 1.42 bits per heavy atom. The number of ether oxygens (including phenoxy) is 1. The molecule has 0 rings (SSSR count). The van der Waals surface area contributed by atoms with Gasteiger partial charge in [0.2, 0.25) is 5.91 Å². The second-order valence-electron chi connectivity index (χ2n) is 9.73. The number of hydrogen-bond donors (Lipinski definition) is 3. The quantitative estimate of drug-likeness (QED) is 0.662. The number of aliphatic carboxylic acids is 1. The van der Waals surface area contributed by atoms with E-state index >= 15 is 0 Å². The fraction of sp³-hybridized carbons (Fsp3) is 0.842. The third-order valence-electron chi connectivity index (χ3n) is 3.20. The minimum Gasteiger partial charge on any atom is -0.480 e. The van der Waals surface area contributed by atoms with Crippen LogP contribution in [0.1, 0.15) is 76.5 Å². The summed E-state index contributed by atoms with van der Waals surface area (Å²) in [4.78, 5) is 36.4. The van der Waals surface area contributed by atoms with E-state index in [2.05, 4.69) is 10.6 Å². The topological polar surface area (TPSA) is 105 Å². The Labute approximate surface area is 158 Å². The zero-order valence-corrected chi connectivity index (χ0v) is 17.4. The molecule has 0 bridgehead atoms. The molecule has 0 unspecified atom stereocenters. The number of carboxylic acid groups (broad SMARTS) is 1. The van der Waals surface area contributed by atoms with Crippen molar-refractivity contribution in [1.82, 2.24) is 10.6 Å². The van der Waals surface area contributed by atoms with Crippen LogP contribution in [0.3, 0.4) is 0 Å². The third-order valence-corrected chi connectivity index (χ3v) is 3.20. The van der Waals surface area contributed by atoms with Crippen LogP contribution in [0.25, 0.3) is 0 Å². The van der Waals surface area contributed by atoms with Crippen LogP contribution in [0.5, 0.6) is 0 Å². The van der Waals surface area contributed by atoms with Gasteiger partial charge in [0.1, 0.15) is 17.7 Å². The Morgan fingerprint density at radius 1 is 0.923 bits per heavy atom. The molecular formula is C19H36N2O5. The number of rotatable bonds is 6. The highest BCUT2D eigenvalue weighted by Gasteiger charge is 2.32. The van der Waals surface area contributed by atoms with Gasteiger partial charge >= 0.3 is 12.1 Å². The summed E-state index contributed by atoms with van der Waals surface area (Å²) in [6.07, 6.45) is -0.329. The van der Waals surface area contributed by atoms with Gasteiger partial charge < -0.3 is 20.5 Å². The molecule has 0 aromatic carbocycles. The van der Waals surface area contributed by atoms with Gasteiger partial charge in [-0.25, -0.2) is 9.59 Å². The molecule has 0 fully saturated rings. The molecule has 0 radical (unpaired) electrons. The van der Waals surface area contributed by atoms with Gasteiger partial charge in [-0.15, -0.1) is 0 Å². The Hall–Kier alpha value is -1.79. The molecule has 7 heteroatoms. The molecule has 0 aromatic rings. The fourth-order valence-corrected chi connectivity index (χ4v) is 2.30. The van der Waals surface area contributed by atoms with Crippen LogP contribution < -0.4 is 10.6 Å². The summed E-state index contributed by atoms with van der Waals surface area (Å²) in [5, 5.41) is 14.5. The van der Waals surface area contributed by atoms with Crippen molar-refractivity contribution in [1.29, 1.82) is 0 Å². The average molecular weight is 374 g/mol. The molecule has 7 nitrogen and oxygen atoms in total. The zero-order valence-electron chi connectivity index (χ0n) is 18.4. The Bertz CT molecular complexity index is 535. The summed E-state index contributed by atoms with van der Waals surface area (Å²) in [6, 6.07) is -2.07. The van der Waals surface area contributed by atoms with E-state index < -0.39 is 41.1 Å². The summed E-state index contributed by atoms with van der Waals surface area (Å²) >= 11 is 0. The largest absolute Gasteiger partial charge is 0.480 e. The summed E-state index contributed by atoms with van der Waals surface area (Å²) in [5.74, 6) is -1.73. The minimum atomic E-state index is -1.13. The Kier molecular flexibility index (Phi) is 7.47. The second kappa shape index (κ2) is 8.73. The SMILES string of the molecule is [2H]CC(C)(C)C[C@H](NC(=O)OC(C)(C)C)C(=O)N[C@@H](CC(C)(C)C)C(=O)O. The molecule has 2 atom stereocenters. The maximum absolute atomic E-state index is 12.7. The number of carbonyl (C=O) groups is 3. The summed E-state index contributed by atoms with van der Waals surface area (Å²) in [5.41, 5.74) is -1.57. The average Bonchev–Trinajstić information content (AvgIpc) is 2.41. The lowest BCUT2D eigenvalue weighted by Crippen LogP contribution is -2.54. The predicted molar refractivity (Wildman–Crippen MR) is 101 cm³/mol. The smallest absolute Gasteiger partial charge is 0.408 e. The number of carboxylic acids is 1. The van der Waals surface area contributed by atoms with Crippen molar-refractivity contribution in [2.75, 3.05) is 0 Å². The van der Waals surface area contributed by atoms with Crippen molar-refractivity contribution in [3.63, 3.8) is 0 Å². The van der Waals surface area contributed by atoms with E-state index in [9.17, 15) is 19.5 Å². The van der Waals surface area contributed by atoms with Crippen LogP contribution in [-0.2, 0) is 14.3 Å². The maximum atomic E-state index is 12.7. The first kappa shape index (κ1) is 22.3. The monoisotopic (exact) mass is 373 g/mol. The van der Waals surface area contributed by atoms with Crippen LogP contribution in [0, 0.1) is 10.8 Å². The van der Waals surface area contributed by atoms with Gasteiger partial charge in [-0.1, -0.05) is 41.5 Å². The molecule has 26 heavy (non-hydrogen) atoms. The van der Waals surface area contributed by atoms with Crippen LogP contribution in [0.4, 0.5) is 4.79 Å². The Balaban J connectivity index is 5.36. The minimum absolute atomic E-state index is 0.0527. The van der Waals surface area contributed by atoms with Crippen LogP contribution in [0.15, 0.2) is 0 Å². The molecule has 3 N–H and O–H groups in total. The highest BCUT2D eigenvalue weighted by atomic mass is 16.6. The number of alkyl carbamates (subject to hydrolysis) is 1. The van der Waals surface area contributed by atoms with Crippen molar-refractivity contribution in [2.45, 2.75) is 92.8 Å². The molecule has 152 valence electrons. The van der Waals surface area contributed by atoms with Crippen LogP contribution in [-0.4, -0.2) is 40.8 Å². The molecule has 0 aromatic heterocycles. The van der Waals surface area contributed by atoms with Gasteiger partial charge in [-0.3, -0.25) is 4.79 Å². The van der Waals surface area contributed by atoms with Gasteiger partial charge in [-0.05, 0) is 44.4 Å². The zero-order chi connectivity index (χ0) is 21.6. The number of carbonyl (C=O) groups excluding carboxylic acids is 2. The van der Waals surface area contributed by atoms with Gasteiger partial charge in [-0.2, -0.15) is 0 Å². The molecule has 2 amide bonds. The van der Waals surface area contributed by atoms with Crippen molar-refractivity contribution in [3.8, 4) is 0 Å². The summed E-state index contributed by atoms with van der Waals surface area (Å²) < 4.78 is 12.8. The van der Waals surface area contributed by atoms with Gasteiger partial charge in [0, 0.05) is 1.37 Å². The van der Waals surface area contributed by atoms with E-state index in [-0.39, 0.29) is 25.2 Å². The normalized spacial score (nSPS) is 15.5. The highest BCUT2D eigenvalue weighted by Crippen LogP contribution is 2.23. The van der Waals surface area contributed by atoms with Crippen molar-refractivity contribution in [3.05, 3.63) is 0 Å². The molecule has 0 saturated heterocycles. The lowest BCUT2D eigenvalue weighted by atomic mass is 9.86. The third kappa shape index (κ3) is 11.7. The lowest BCUT2D eigenvalue weighted by molar-refractivity contribution is -0.143. The fourth-order valence-electron chi connectivity index (χ4n) is 2.30. The van der Waals surface area contributed by atoms with E-state index in [1.807, 2.05) is 20.8 Å². The first-order valence-corrected chi connectivity index (χ1v) is 8.78. The van der Waals surface area contributed by atoms with Gasteiger partial charge in [0.25, 0.3) is 0 Å². The molecular weight excluding hydrogens is 336 g/mol.